The molecular weight excluding hydrogens is 269 g/mol. The second-order valence-corrected chi connectivity index (χ2v) is 5.53. The van der Waals surface area contributed by atoms with Crippen LogP contribution in [0.4, 0.5) is 24.8 Å². The average Bonchev–Trinajstić information content (AvgIpc) is 3.12. The van der Waals surface area contributed by atoms with Crippen molar-refractivity contribution in [3.8, 4) is 0 Å². The first-order valence-corrected chi connectivity index (χ1v) is 6.66. The van der Waals surface area contributed by atoms with E-state index in [0.717, 1.165) is 12.8 Å². The summed E-state index contributed by atoms with van der Waals surface area (Å²) in [5.74, 6) is 1.38. The summed E-state index contributed by atoms with van der Waals surface area (Å²) < 4.78 is 38.2. The summed E-state index contributed by atoms with van der Waals surface area (Å²) in [6.45, 7) is 4.04. The molecule has 1 aromatic heterocycles. The van der Waals surface area contributed by atoms with E-state index in [4.69, 9.17) is 5.73 Å². The van der Waals surface area contributed by atoms with Crippen molar-refractivity contribution in [3.63, 3.8) is 0 Å². The summed E-state index contributed by atoms with van der Waals surface area (Å²) in [7, 11) is 0. The van der Waals surface area contributed by atoms with Crippen LogP contribution in [0.25, 0.3) is 0 Å². The fraction of sp³-hybridized carbons (Fsp3) is 0.692. The predicted molar refractivity (Wildman–Crippen MR) is 71.7 cm³/mol. The highest BCUT2D eigenvalue weighted by Crippen LogP contribution is 2.40. The third kappa shape index (κ3) is 3.32. The molecule has 0 saturated heterocycles. The highest BCUT2D eigenvalue weighted by molar-refractivity contribution is 5.57. The van der Waals surface area contributed by atoms with Crippen molar-refractivity contribution in [2.45, 2.75) is 51.7 Å². The number of halogens is 3. The number of rotatable bonds is 4. The zero-order chi connectivity index (χ0) is 15.1. The molecule has 0 unspecified atom stereocenters. The Morgan fingerprint density at radius 1 is 1.30 bits per heavy atom. The topological polar surface area (TPSA) is 55.0 Å². The van der Waals surface area contributed by atoms with Crippen molar-refractivity contribution in [1.82, 2.24) is 9.97 Å². The molecular formula is C13H19F3N4. The predicted octanol–water partition coefficient (Wildman–Crippen LogP) is 3.02. The van der Waals surface area contributed by atoms with Gasteiger partial charge in [0.15, 0.2) is 0 Å². The lowest BCUT2D eigenvalue weighted by molar-refractivity contribution is -0.120. The van der Waals surface area contributed by atoms with Gasteiger partial charge in [-0.3, -0.25) is 0 Å². The lowest BCUT2D eigenvalue weighted by Gasteiger charge is -2.30. The summed E-state index contributed by atoms with van der Waals surface area (Å²) in [5.41, 5.74) is 6.34. The Morgan fingerprint density at radius 3 is 2.35 bits per heavy atom. The van der Waals surface area contributed by atoms with Gasteiger partial charge in [-0.15, -0.1) is 0 Å². The third-order valence-corrected chi connectivity index (χ3v) is 3.36. The van der Waals surface area contributed by atoms with Crippen LogP contribution in [-0.4, -0.2) is 28.7 Å². The Morgan fingerprint density at radius 2 is 1.90 bits per heavy atom. The fourth-order valence-corrected chi connectivity index (χ4v) is 2.04. The first-order valence-electron chi connectivity index (χ1n) is 6.66. The summed E-state index contributed by atoms with van der Waals surface area (Å²) in [4.78, 5) is 9.76. The molecule has 1 heterocycles. The first-order chi connectivity index (χ1) is 9.19. The molecule has 0 amide bonds. The number of aromatic nitrogens is 2. The number of nitrogens with two attached hydrogens (primary N) is 1. The van der Waals surface area contributed by atoms with Crippen molar-refractivity contribution in [1.29, 1.82) is 0 Å². The molecule has 0 radical (unpaired) electrons. The Balaban J connectivity index is 2.41. The number of nitrogen functional groups attached to an aromatic ring is 1. The minimum absolute atomic E-state index is 0.247. The fourth-order valence-electron chi connectivity index (χ4n) is 2.04. The molecule has 1 aromatic rings. The minimum Gasteiger partial charge on any atom is -0.383 e. The van der Waals surface area contributed by atoms with E-state index in [1.165, 1.54) is 4.90 Å². The Bertz CT molecular complexity index is 495. The van der Waals surface area contributed by atoms with Crippen molar-refractivity contribution in [2.24, 2.45) is 0 Å². The van der Waals surface area contributed by atoms with E-state index < -0.39 is 12.7 Å². The van der Waals surface area contributed by atoms with Crippen molar-refractivity contribution in [3.05, 3.63) is 11.4 Å². The number of hydrogen-bond acceptors (Lipinski definition) is 4. The third-order valence-electron chi connectivity index (χ3n) is 3.36. The Labute approximate surface area is 116 Å². The van der Waals surface area contributed by atoms with Crippen molar-refractivity contribution in [2.75, 3.05) is 17.2 Å². The van der Waals surface area contributed by atoms with Gasteiger partial charge in [0.05, 0.1) is 0 Å². The molecule has 2 N–H and O–H groups in total. The molecule has 20 heavy (non-hydrogen) atoms. The normalized spacial score (nSPS) is 15.8. The first kappa shape index (κ1) is 14.9. The molecule has 0 aliphatic heterocycles. The Kier molecular flexibility index (Phi) is 3.80. The van der Waals surface area contributed by atoms with Gasteiger partial charge in [0.1, 0.15) is 24.0 Å². The van der Waals surface area contributed by atoms with E-state index in [2.05, 4.69) is 9.97 Å². The number of alkyl halides is 3. The van der Waals surface area contributed by atoms with Gasteiger partial charge in [0, 0.05) is 17.5 Å². The highest BCUT2D eigenvalue weighted by atomic mass is 19.4. The highest BCUT2D eigenvalue weighted by Gasteiger charge is 2.35. The van der Waals surface area contributed by atoms with Gasteiger partial charge in [-0.25, -0.2) is 9.97 Å². The van der Waals surface area contributed by atoms with Crippen LogP contribution < -0.4 is 10.6 Å². The standard InChI is InChI=1S/C13H19F3N4/c1-7(2)20(6-13(14,15)16)12-8(3)10(17)18-11(19-12)9-4-5-9/h7,9H,4-6H2,1-3H3,(H2,17,18,19). The van der Waals surface area contributed by atoms with Gasteiger partial charge < -0.3 is 10.6 Å². The van der Waals surface area contributed by atoms with Crippen LogP contribution in [0, 0.1) is 6.92 Å². The lowest BCUT2D eigenvalue weighted by Crippen LogP contribution is -2.40. The molecule has 1 saturated carbocycles. The average molecular weight is 288 g/mol. The van der Waals surface area contributed by atoms with Crippen LogP contribution in [0.15, 0.2) is 0 Å². The number of nitrogens with zero attached hydrogens (tertiary/aromatic N) is 3. The number of hydrogen-bond donors (Lipinski definition) is 1. The maximum atomic E-state index is 12.7. The maximum Gasteiger partial charge on any atom is 0.405 e. The van der Waals surface area contributed by atoms with Crippen LogP contribution in [0.5, 0.6) is 0 Å². The van der Waals surface area contributed by atoms with E-state index in [1.54, 1.807) is 20.8 Å². The maximum absolute atomic E-state index is 12.7. The zero-order valence-corrected chi connectivity index (χ0v) is 11.8. The molecule has 4 nitrogen and oxygen atoms in total. The van der Waals surface area contributed by atoms with E-state index in [-0.39, 0.29) is 17.8 Å². The van der Waals surface area contributed by atoms with E-state index in [9.17, 15) is 13.2 Å². The van der Waals surface area contributed by atoms with Crippen LogP contribution in [-0.2, 0) is 0 Å². The summed E-state index contributed by atoms with van der Waals surface area (Å²) in [6, 6.07) is -0.323. The van der Waals surface area contributed by atoms with Gasteiger partial charge in [0.2, 0.25) is 0 Å². The van der Waals surface area contributed by atoms with E-state index in [1.807, 2.05) is 0 Å². The van der Waals surface area contributed by atoms with Crippen molar-refractivity contribution >= 4 is 11.6 Å². The van der Waals surface area contributed by atoms with Crippen LogP contribution in [0.1, 0.15) is 44.0 Å². The smallest absolute Gasteiger partial charge is 0.383 e. The minimum atomic E-state index is -4.28. The van der Waals surface area contributed by atoms with Gasteiger partial charge in [-0.05, 0) is 33.6 Å². The zero-order valence-electron chi connectivity index (χ0n) is 11.8. The second kappa shape index (κ2) is 5.10. The van der Waals surface area contributed by atoms with Crippen molar-refractivity contribution < 1.29 is 13.2 Å². The largest absolute Gasteiger partial charge is 0.405 e. The van der Waals surface area contributed by atoms with Crippen LogP contribution >= 0.6 is 0 Å². The molecule has 1 aliphatic rings. The SMILES string of the molecule is Cc1c(N)nc(C2CC2)nc1N(CC(F)(F)F)C(C)C. The van der Waals surface area contributed by atoms with Crippen LogP contribution in [0.2, 0.25) is 0 Å². The Hall–Kier alpha value is -1.53. The molecule has 0 aromatic carbocycles. The molecule has 2 rings (SSSR count). The molecule has 7 heteroatoms. The monoisotopic (exact) mass is 288 g/mol. The van der Waals surface area contributed by atoms with Gasteiger partial charge >= 0.3 is 6.18 Å². The summed E-state index contributed by atoms with van der Waals surface area (Å²) in [5, 5.41) is 0. The molecule has 0 spiro atoms. The van der Waals surface area contributed by atoms with E-state index in [0.29, 0.717) is 17.2 Å². The summed E-state index contributed by atoms with van der Waals surface area (Å²) >= 11 is 0. The van der Waals surface area contributed by atoms with Gasteiger partial charge in [-0.2, -0.15) is 13.2 Å². The molecule has 0 bridgehead atoms. The van der Waals surface area contributed by atoms with Crippen LogP contribution in [0.3, 0.4) is 0 Å². The summed E-state index contributed by atoms with van der Waals surface area (Å²) in [6.07, 6.45) is -2.33. The van der Waals surface area contributed by atoms with E-state index >= 15 is 0 Å². The molecule has 0 atom stereocenters. The molecule has 112 valence electrons. The lowest BCUT2D eigenvalue weighted by atomic mass is 10.2. The van der Waals surface area contributed by atoms with Gasteiger partial charge in [-0.1, -0.05) is 0 Å². The molecule has 1 aliphatic carbocycles. The van der Waals surface area contributed by atoms with Gasteiger partial charge in [0.25, 0.3) is 0 Å². The quantitative estimate of drug-likeness (QED) is 0.925. The molecule has 1 fully saturated rings. The number of anilines is 2. The second-order valence-electron chi connectivity index (χ2n) is 5.53.